The maximum Gasteiger partial charge on any atom is 0.416 e. The van der Waals surface area contributed by atoms with E-state index in [2.05, 4.69) is 10.3 Å². The summed E-state index contributed by atoms with van der Waals surface area (Å²) in [6, 6.07) is 11.2. The number of alkyl halides is 3. The van der Waals surface area contributed by atoms with Gasteiger partial charge in [0.1, 0.15) is 12.3 Å². The summed E-state index contributed by atoms with van der Waals surface area (Å²) in [5, 5.41) is 11.8. The molecule has 0 atom stereocenters. The second-order valence-corrected chi connectivity index (χ2v) is 5.91. The van der Waals surface area contributed by atoms with Gasteiger partial charge in [-0.15, -0.1) is 0 Å². The topological polar surface area (TPSA) is 84.2 Å². The van der Waals surface area contributed by atoms with Crippen molar-refractivity contribution in [3.05, 3.63) is 76.8 Å². The van der Waals surface area contributed by atoms with Crippen LogP contribution < -0.4 is 10.9 Å². The molecule has 0 radical (unpaired) electrons. The molecule has 3 aromatic rings. The molecule has 28 heavy (non-hydrogen) atoms. The van der Waals surface area contributed by atoms with E-state index in [0.717, 1.165) is 29.1 Å². The number of hydrogen-bond donors (Lipinski definition) is 2. The van der Waals surface area contributed by atoms with E-state index in [1.165, 1.54) is 36.4 Å². The van der Waals surface area contributed by atoms with Crippen LogP contribution in [0, 0.1) is 0 Å². The summed E-state index contributed by atoms with van der Waals surface area (Å²) in [4.78, 5) is 28.3. The van der Waals surface area contributed by atoms with Gasteiger partial charge in [0.2, 0.25) is 5.91 Å². The number of phenolic OH excluding ortho intramolecular Hbond substituents is 1. The van der Waals surface area contributed by atoms with E-state index in [1.54, 1.807) is 0 Å². The zero-order valence-electron chi connectivity index (χ0n) is 14.3. The largest absolute Gasteiger partial charge is 0.508 e. The molecular formula is C19H14F3N3O3. The normalized spacial score (nSPS) is 11.2. The number of aromatic hydroxyl groups is 1. The molecule has 9 heteroatoms. The molecule has 6 nitrogen and oxygen atoms in total. The van der Waals surface area contributed by atoms with E-state index >= 15 is 0 Å². The number of hydrogen-bond acceptors (Lipinski definition) is 4. The summed E-state index contributed by atoms with van der Waals surface area (Å²) in [6.45, 7) is -0.292. The van der Waals surface area contributed by atoms with Crippen LogP contribution in [0.15, 0.2) is 65.7 Å². The van der Waals surface area contributed by atoms with Gasteiger partial charge in [0.05, 0.1) is 17.6 Å². The minimum absolute atomic E-state index is 0.0530. The van der Waals surface area contributed by atoms with Crippen molar-refractivity contribution in [2.75, 3.05) is 5.32 Å². The summed E-state index contributed by atoms with van der Waals surface area (Å²) in [7, 11) is 0. The van der Waals surface area contributed by atoms with Crippen LogP contribution in [0.25, 0.3) is 11.3 Å². The first-order valence-corrected chi connectivity index (χ1v) is 8.05. The van der Waals surface area contributed by atoms with Crippen molar-refractivity contribution < 1.29 is 23.1 Å². The molecule has 2 aromatic carbocycles. The van der Waals surface area contributed by atoms with E-state index in [-0.39, 0.29) is 18.0 Å². The fourth-order valence-electron chi connectivity index (χ4n) is 2.43. The quantitative estimate of drug-likeness (QED) is 0.671. The standard InChI is InChI=1S/C19H14F3N3O3/c20-19(21,22)13-3-1-12(2-4-13)16-9-18(28)25(11-23-16)10-17(27)24-14-5-7-15(26)8-6-14/h1-9,11,26H,10H2,(H,24,27). The Morgan fingerprint density at radius 1 is 1.07 bits per heavy atom. The molecule has 1 heterocycles. The van der Waals surface area contributed by atoms with Gasteiger partial charge in [-0.1, -0.05) is 12.1 Å². The average molecular weight is 389 g/mol. The molecule has 144 valence electrons. The molecule has 1 aromatic heterocycles. The third-order valence-electron chi connectivity index (χ3n) is 3.85. The number of aromatic nitrogens is 2. The molecule has 3 rings (SSSR count). The molecule has 2 N–H and O–H groups in total. The second-order valence-electron chi connectivity index (χ2n) is 5.91. The van der Waals surface area contributed by atoms with E-state index in [9.17, 15) is 27.9 Å². The lowest BCUT2D eigenvalue weighted by Gasteiger charge is -2.09. The number of rotatable bonds is 4. The van der Waals surface area contributed by atoms with Gasteiger partial charge in [-0.3, -0.25) is 14.2 Å². The minimum Gasteiger partial charge on any atom is -0.508 e. The molecule has 1 amide bonds. The fourth-order valence-corrected chi connectivity index (χ4v) is 2.43. The van der Waals surface area contributed by atoms with Gasteiger partial charge in [0.15, 0.2) is 0 Å². The molecule has 0 spiro atoms. The predicted molar refractivity (Wildman–Crippen MR) is 95.7 cm³/mol. The number of amides is 1. The molecule has 0 aliphatic carbocycles. The van der Waals surface area contributed by atoms with Crippen molar-refractivity contribution in [2.24, 2.45) is 0 Å². The van der Waals surface area contributed by atoms with Gasteiger partial charge in [0.25, 0.3) is 5.56 Å². The van der Waals surface area contributed by atoms with Crippen LogP contribution in [0.5, 0.6) is 5.75 Å². The van der Waals surface area contributed by atoms with Crippen LogP contribution in [-0.4, -0.2) is 20.6 Å². The summed E-state index contributed by atoms with van der Waals surface area (Å²) in [6.07, 6.45) is -3.29. The Balaban J connectivity index is 1.72. The number of carbonyl (C=O) groups excluding carboxylic acids is 1. The smallest absolute Gasteiger partial charge is 0.416 e. The lowest BCUT2D eigenvalue weighted by Crippen LogP contribution is -2.27. The zero-order valence-corrected chi connectivity index (χ0v) is 14.3. The molecule has 0 saturated heterocycles. The van der Waals surface area contributed by atoms with E-state index in [1.807, 2.05) is 0 Å². The first-order valence-electron chi connectivity index (χ1n) is 8.05. The van der Waals surface area contributed by atoms with Crippen molar-refractivity contribution in [1.82, 2.24) is 9.55 Å². The maximum absolute atomic E-state index is 12.6. The van der Waals surface area contributed by atoms with Crippen LogP contribution in [0.1, 0.15) is 5.56 Å². The van der Waals surface area contributed by atoms with Crippen molar-refractivity contribution in [3.8, 4) is 17.0 Å². The van der Waals surface area contributed by atoms with Crippen LogP contribution in [-0.2, 0) is 17.5 Å². The van der Waals surface area contributed by atoms with E-state index < -0.39 is 23.2 Å². The van der Waals surface area contributed by atoms with Gasteiger partial charge >= 0.3 is 6.18 Å². The molecule has 0 unspecified atom stereocenters. The Morgan fingerprint density at radius 2 is 1.71 bits per heavy atom. The molecular weight excluding hydrogens is 375 g/mol. The molecule has 0 saturated carbocycles. The van der Waals surface area contributed by atoms with Crippen molar-refractivity contribution in [1.29, 1.82) is 0 Å². The molecule has 0 aliphatic rings. The van der Waals surface area contributed by atoms with Crippen molar-refractivity contribution in [2.45, 2.75) is 12.7 Å². The highest BCUT2D eigenvalue weighted by Gasteiger charge is 2.30. The summed E-state index contributed by atoms with van der Waals surface area (Å²) in [5.74, 6) is -0.422. The van der Waals surface area contributed by atoms with Crippen molar-refractivity contribution >= 4 is 11.6 Å². The molecule has 0 bridgehead atoms. The van der Waals surface area contributed by atoms with Gasteiger partial charge in [-0.2, -0.15) is 13.2 Å². The molecule has 0 fully saturated rings. The van der Waals surface area contributed by atoms with Gasteiger partial charge in [-0.25, -0.2) is 4.98 Å². The van der Waals surface area contributed by atoms with Gasteiger partial charge in [0, 0.05) is 17.3 Å². The predicted octanol–water partition coefficient (Wildman–Crippen LogP) is 3.27. The Hall–Kier alpha value is -3.62. The number of carbonyl (C=O) groups is 1. The third kappa shape index (κ3) is 4.56. The Labute approximate surface area is 156 Å². The summed E-state index contributed by atoms with van der Waals surface area (Å²) >= 11 is 0. The Morgan fingerprint density at radius 3 is 2.29 bits per heavy atom. The third-order valence-corrected chi connectivity index (χ3v) is 3.85. The maximum atomic E-state index is 12.6. The van der Waals surface area contributed by atoms with Crippen LogP contribution in [0.2, 0.25) is 0 Å². The highest BCUT2D eigenvalue weighted by molar-refractivity contribution is 5.90. The monoisotopic (exact) mass is 389 g/mol. The van der Waals surface area contributed by atoms with Gasteiger partial charge in [-0.05, 0) is 36.4 Å². The first kappa shape index (κ1) is 19.2. The molecule has 0 aliphatic heterocycles. The number of halogens is 3. The number of anilines is 1. The summed E-state index contributed by atoms with van der Waals surface area (Å²) in [5.41, 5.74) is -0.314. The van der Waals surface area contributed by atoms with Crippen molar-refractivity contribution in [3.63, 3.8) is 0 Å². The lowest BCUT2D eigenvalue weighted by atomic mass is 10.1. The van der Waals surface area contributed by atoms with Crippen LogP contribution >= 0.6 is 0 Å². The number of nitrogens with zero attached hydrogens (tertiary/aromatic N) is 2. The SMILES string of the molecule is O=C(Cn1cnc(-c2ccc(C(F)(F)F)cc2)cc1=O)Nc1ccc(O)cc1. The lowest BCUT2D eigenvalue weighted by molar-refractivity contribution is -0.137. The highest BCUT2D eigenvalue weighted by Crippen LogP contribution is 2.30. The van der Waals surface area contributed by atoms with E-state index in [4.69, 9.17) is 0 Å². The first-order chi connectivity index (χ1) is 13.2. The van der Waals surface area contributed by atoms with Crippen LogP contribution in [0.3, 0.4) is 0 Å². The second kappa shape index (κ2) is 7.55. The number of nitrogens with one attached hydrogen (secondary N) is 1. The summed E-state index contributed by atoms with van der Waals surface area (Å²) < 4.78 is 38.9. The van der Waals surface area contributed by atoms with Crippen LogP contribution in [0.4, 0.5) is 18.9 Å². The number of benzene rings is 2. The van der Waals surface area contributed by atoms with Gasteiger partial charge < -0.3 is 10.4 Å². The Kier molecular flexibility index (Phi) is 5.16. The van der Waals surface area contributed by atoms with E-state index in [0.29, 0.717) is 11.3 Å². The highest BCUT2D eigenvalue weighted by atomic mass is 19.4. The average Bonchev–Trinajstić information content (AvgIpc) is 2.65. The zero-order chi connectivity index (χ0) is 20.3. The Bertz CT molecular complexity index is 1040. The number of phenols is 1. The fraction of sp³-hybridized carbons (Fsp3) is 0.105. The minimum atomic E-state index is -4.44.